The minimum Gasteiger partial charge on any atom is -0.370 e. The van der Waals surface area contributed by atoms with Gasteiger partial charge in [-0.25, -0.2) is 9.97 Å². The van der Waals surface area contributed by atoms with Crippen molar-refractivity contribution in [2.45, 2.75) is 45.4 Å². The molecule has 0 spiro atoms. The molecule has 0 radical (unpaired) electrons. The number of piperidine rings is 1. The molecule has 3 rings (SSSR count). The molecule has 7 nitrogen and oxygen atoms in total. The van der Waals surface area contributed by atoms with E-state index in [1.165, 1.54) is 0 Å². The minimum atomic E-state index is 0.347. The summed E-state index contributed by atoms with van der Waals surface area (Å²) in [7, 11) is 2.14. The van der Waals surface area contributed by atoms with Gasteiger partial charge in [-0.05, 0) is 51.6 Å². The van der Waals surface area contributed by atoms with E-state index in [1.54, 1.807) is 6.33 Å². The average molecular weight is 389 g/mol. The zero-order chi connectivity index (χ0) is 19.8. The number of carbonyl (C=O) groups excluding carboxylic acids is 1. The van der Waals surface area contributed by atoms with Crippen LogP contribution in [-0.4, -0.2) is 78.5 Å². The summed E-state index contributed by atoms with van der Waals surface area (Å²) in [6.45, 7) is 9.00. The largest absolute Gasteiger partial charge is 0.370 e. The predicted molar refractivity (Wildman–Crippen MR) is 114 cm³/mol. The molecule has 28 heavy (non-hydrogen) atoms. The lowest BCUT2D eigenvalue weighted by molar-refractivity contribution is -0.131. The van der Waals surface area contributed by atoms with Crippen LogP contribution in [0.15, 0.2) is 12.4 Å². The van der Waals surface area contributed by atoms with Crippen LogP contribution in [-0.2, 0) is 4.79 Å². The third-order valence-electron chi connectivity index (χ3n) is 5.99. The van der Waals surface area contributed by atoms with E-state index in [0.717, 1.165) is 89.6 Å². The van der Waals surface area contributed by atoms with Gasteiger partial charge < -0.3 is 20.0 Å². The molecule has 0 aromatic carbocycles. The van der Waals surface area contributed by atoms with Crippen LogP contribution in [0.4, 0.5) is 11.6 Å². The van der Waals surface area contributed by atoms with E-state index in [-0.39, 0.29) is 0 Å². The monoisotopic (exact) mass is 388 g/mol. The van der Waals surface area contributed by atoms with Crippen LogP contribution in [0.3, 0.4) is 0 Å². The molecule has 2 aliphatic heterocycles. The average Bonchev–Trinajstić information content (AvgIpc) is 2.95. The van der Waals surface area contributed by atoms with Crippen LogP contribution >= 0.6 is 0 Å². The molecule has 0 aliphatic carbocycles. The Balaban J connectivity index is 1.41. The summed E-state index contributed by atoms with van der Waals surface area (Å²) in [5.74, 6) is 2.91. The van der Waals surface area contributed by atoms with Gasteiger partial charge in [0.2, 0.25) is 5.91 Å². The smallest absolute Gasteiger partial charge is 0.222 e. The maximum atomic E-state index is 12.6. The lowest BCUT2D eigenvalue weighted by atomic mass is 9.92. The number of hydrogen-bond donors (Lipinski definition) is 1. The highest BCUT2D eigenvalue weighted by Gasteiger charge is 2.23. The third kappa shape index (κ3) is 6.06. The molecule has 0 saturated carbocycles. The Kier molecular flexibility index (Phi) is 7.89. The summed E-state index contributed by atoms with van der Waals surface area (Å²) < 4.78 is 0. The fourth-order valence-corrected chi connectivity index (χ4v) is 4.10. The molecular formula is C21H36N6O. The molecular weight excluding hydrogens is 352 g/mol. The van der Waals surface area contributed by atoms with Gasteiger partial charge in [-0.1, -0.05) is 6.92 Å². The summed E-state index contributed by atoms with van der Waals surface area (Å²) in [6, 6.07) is 2.05. The number of aromatic nitrogens is 2. The van der Waals surface area contributed by atoms with Crippen LogP contribution in [0.5, 0.6) is 0 Å². The first-order chi connectivity index (χ1) is 13.7. The van der Waals surface area contributed by atoms with Crippen LogP contribution in [0.1, 0.15) is 45.4 Å². The lowest BCUT2D eigenvalue weighted by Gasteiger charge is -2.33. The molecule has 1 amide bonds. The van der Waals surface area contributed by atoms with Crippen LogP contribution in [0.25, 0.3) is 0 Å². The molecule has 2 aliphatic rings. The van der Waals surface area contributed by atoms with Gasteiger partial charge >= 0.3 is 0 Å². The zero-order valence-corrected chi connectivity index (χ0v) is 17.6. The van der Waals surface area contributed by atoms with Crippen molar-refractivity contribution in [3.05, 3.63) is 12.4 Å². The van der Waals surface area contributed by atoms with Crippen LogP contribution < -0.4 is 10.2 Å². The normalized spacial score (nSPS) is 19.5. The van der Waals surface area contributed by atoms with Crippen LogP contribution in [0.2, 0.25) is 0 Å². The Bertz CT molecular complexity index is 617. The first kappa shape index (κ1) is 20.8. The lowest BCUT2D eigenvalue weighted by Crippen LogP contribution is -2.36. The summed E-state index contributed by atoms with van der Waals surface area (Å²) >= 11 is 0. The molecule has 3 heterocycles. The second kappa shape index (κ2) is 10.6. The van der Waals surface area contributed by atoms with Gasteiger partial charge in [0.05, 0.1) is 0 Å². The van der Waals surface area contributed by atoms with E-state index in [4.69, 9.17) is 0 Å². The molecule has 0 atom stereocenters. The molecule has 1 N–H and O–H groups in total. The minimum absolute atomic E-state index is 0.347. The number of amides is 1. The van der Waals surface area contributed by atoms with E-state index in [1.807, 2.05) is 0 Å². The number of carbonyl (C=O) groups is 1. The fourth-order valence-electron chi connectivity index (χ4n) is 4.10. The Morgan fingerprint density at radius 3 is 2.75 bits per heavy atom. The van der Waals surface area contributed by atoms with E-state index >= 15 is 0 Å². The molecule has 1 aromatic heterocycles. The molecule has 156 valence electrons. The maximum absolute atomic E-state index is 12.6. The molecule has 1 aromatic rings. The summed E-state index contributed by atoms with van der Waals surface area (Å²) in [5, 5.41) is 3.33. The number of nitrogens with one attached hydrogen (secondary N) is 1. The van der Waals surface area contributed by atoms with Crippen molar-refractivity contribution in [1.29, 1.82) is 0 Å². The highest BCUT2D eigenvalue weighted by atomic mass is 16.2. The first-order valence-corrected chi connectivity index (χ1v) is 10.9. The number of rotatable bonds is 7. The van der Waals surface area contributed by atoms with Crippen molar-refractivity contribution in [3.8, 4) is 0 Å². The second-order valence-corrected chi connectivity index (χ2v) is 8.19. The number of hydrogen-bond acceptors (Lipinski definition) is 6. The van der Waals surface area contributed by atoms with E-state index < -0.39 is 0 Å². The molecule has 7 heteroatoms. The van der Waals surface area contributed by atoms with Gasteiger partial charge in [0.15, 0.2) is 0 Å². The van der Waals surface area contributed by atoms with Crippen molar-refractivity contribution in [1.82, 2.24) is 19.8 Å². The Hall–Kier alpha value is -1.89. The van der Waals surface area contributed by atoms with E-state index in [2.05, 4.69) is 50.0 Å². The molecule has 2 fully saturated rings. The zero-order valence-electron chi connectivity index (χ0n) is 17.6. The van der Waals surface area contributed by atoms with Gasteiger partial charge in [-0.15, -0.1) is 0 Å². The summed E-state index contributed by atoms with van der Waals surface area (Å²) in [5.41, 5.74) is 0. The number of nitrogens with zero attached hydrogens (tertiary/aromatic N) is 5. The van der Waals surface area contributed by atoms with Crippen molar-refractivity contribution < 1.29 is 4.79 Å². The molecule has 0 bridgehead atoms. The highest BCUT2D eigenvalue weighted by Crippen LogP contribution is 2.26. The van der Waals surface area contributed by atoms with Gasteiger partial charge in [0.25, 0.3) is 0 Å². The predicted octanol–water partition coefficient (Wildman–Crippen LogP) is 2.46. The topological polar surface area (TPSA) is 64.6 Å². The fraction of sp³-hybridized carbons (Fsp3) is 0.762. The van der Waals surface area contributed by atoms with Gasteiger partial charge in [0, 0.05) is 51.8 Å². The summed E-state index contributed by atoms with van der Waals surface area (Å²) in [6.07, 6.45) is 7.82. The Morgan fingerprint density at radius 2 is 1.96 bits per heavy atom. The van der Waals surface area contributed by atoms with Crippen LogP contribution in [0, 0.1) is 5.92 Å². The number of likely N-dealkylation sites (N-methyl/N-ethyl adjacent to an activating group) is 1. The van der Waals surface area contributed by atoms with Gasteiger partial charge in [-0.3, -0.25) is 4.79 Å². The van der Waals surface area contributed by atoms with Gasteiger partial charge in [-0.2, -0.15) is 0 Å². The van der Waals surface area contributed by atoms with Crippen molar-refractivity contribution >= 4 is 17.5 Å². The summed E-state index contributed by atoms with van der Waals surface area (Å²) in [4.78, 5) is 28.1. The van der Waals surface area contributed by atoms with Crippen molar-refractivity contribution in [2.75, 3.05) is 63.1 Å². The van der Waals surface area contributed by atoms with Crippen molar-refractivity contribution in [3.63, 3.8) is 0 Å². The second-order valence-electron chi connectivity index (χ2n) is 8.19. The van der Waals surface area contributed by atoms with Gasteiger partial charge in [0.1, 0.15) is 18.0 Å². The standard InChI is InChI=1S/C21H36N6O/c1-3-9-22-19-16-20(24-17-23-19)26-12-7-18(8-13-26)5-6-21(28)27-11-4-10-25(2)14-15-27/h16-18H,3-15H2,1-2H3,(H,22,23,24). The van der Waals surface area contributed by atoms with E-state index in [9.17, 15) is 4.79 Å². The van der Waals surface area contributed by atoms with E-state index in [0.29, 0.717) is 18.2 Å². The quantitative estimate of drug-likeness (QED) is 0.774. The maximum Gasteiger partial charge on any atom is 0.222 e. The molecule has 0 unspecified atom stereocenters. The first-order valence-electron chi connectivity index (χ1n) is 10.9. The Labute approximate surface area is 169 Å². The number of anilines is 2. The third-order valence-corrected chi connectivity index (χ3v) is 5.99. The van der Waals surface area contributed by atoms with Crippen molar-refractivity contribution in [2.24, 2.45) is 5.92 Å². The highest BCUT2D eigenvalue weighted by molar-refractivity contribution is 5.76. The molecule has 2 saturated heterocycles. The SMILES string of the molecule is CCCNc1cc(N2CCC(CCC(=O)N3CCCN(C)CC3)CC2)ncn1. The Morgan fingerprint density at radius 1 is 1.14 bits per heavy atom.